The first-order valence-corrected chi connectivity index (χ1v) is 4.39. The molecule has 3 nitrogen and oxygen atoms in total. The Balaban J connectivity index is 2.56. The van der Waals surface area contributed by atoms with Crippen molar-refractivity contribution in [2.75, 3.05) is 7.05 Å². The third kappa shape index (κ3) is 3.49. The highest BCUT2D eigenvalue weighted by atomic mass is 32.1. The molecule has 0 saturated heterocycles. The van der Waals surface area contributed by atoms with Crippen molar-refractivity contribution in [3.05, 3.63) is 35.6 Å². The van der Waals surface area contributed by atoms with Gasteiger partial charge in [0, 0.05) is 7.05 Å². The number of nitrogens with zero attached hydrogens (tertiary/aromatic N) is 1. The van der Waals surface area contributed by atoms with Crippen LogP contribution in [0.3, 0.4) is 0 Å². The highest BCUT2D eigenvalue weighted by molar-refractivity contribution is 7.80. The lowest BCUT2D eigenvalue weighted by Crippen LogP contribution is -2.28. The summed E-state index contributed by atoms with van der Waals surface area (Å²) in [6, 6.07) is 6.13. The predicted octanol–water partition coefficient (Wildman–Crippen LogP) is 1.25. The molecule has 0 aliphatic heterocycles. The first-order chi connectivity index (χ1) is 6.72. The largest absolute Gasteiger partial charge is 0.364 e. The third-order valence-electron chi connectivity index (χ3n) is 1.46. The molecular formula is C9H10FN3S. The highest BCUT2D eigenvalue weighted by Gasteiger charge is 1.90. The summed E-state index contributed by atoms with van der Waals surface area (Å²) in [6.45, 7) is 0. The second kappa shape index (κ2) is 5.29. The van der Waals surface area contributed by atoms with Gasteiger partial charge in [0.25, 0.3) is 0 Å². The van der Waals surface area contributed by atoms with E-state index in [0.29, 0.717) is 10.7 Å². The molecule has 0 fully saturated rings. The fourth-order valence-corrected chi connectivity index (χ4v) is 0.861. The number of hydrazone groups is 1. The zero-order valence-electron chi connectivity index (χ0n) is 7.62. The quantitative estimate of drug-likeness (QED) is 0.439. The topological polar surface area (TPSA) is 36.4 Å². The van der Waals surface area contributed by atoms with Crippen LogP contribution in [0.2, 0.25) is 0 Å². The fraction of sp³-hybridized carbons (Fsp3) is 0.111. The van der Waals surface area contributed by atoms with Crippen molar-refractivity contribution in [3.63, 3.8) is 0 Å². The molecule has 0 aliphatic rings. The van der Waals surface area contributed by atoms with Crippen molar-refractivity contribution in [3.8, 4) is 0 Å². The van der Waals surface area contributed by atoms with Crippen LogP contribution < -0.4 is 10.7 Å². The van der Waals surface area contributed by atoms with Crippen LogP contribution >= 0.6 is 12.2 Å². The van der Waals surface area contributed by atoms with Crippen LogP contribution in [-0.2, 0) is 0 Å². The van der Waals surface area contributed by atoms with Gasteiger partial charge in [-0.2, -0.15) is 5.10 Å². The van der Waals surface area contributed by atoms with Gasteiger partial charge in [0.2, 0.25) is 0 Å². The first-order valence-electron chi connectivity index (χ1n) is 3.98. The van der Waals surface area contributed by atoms with E-state index >= 15 is 0 Å². The van der Waals surface area contributed by atoms with Gasteiger partial charge in [-0.15, -0.1) is 0 Å². The number of benzene rings is 1. The molecule has 0 aliphatic carbocycles. The maximum absolute atomic E-state index is 12.7. The van der Waals surface area contributed by atoms with Crippen LogP contribution in [0.4, 0.5) is 4.39 Å². The van der Waals surface area contributed by atoms with E-state index in [0.717, 1.165) is 0 Å². The summed E-state index contributed by atoms with van der Waals surface area (Å²) in [5, 5.41) is 6.92. The minimum Gasteiger partial charge on any atom is -0.364 e. The van der Waals surface area contributed by atoms with Gasteiger partial charge in [-0.1, -0.05) is 12.1 Å². The van der Waals surface area contributed by atoms with Gasteiger partial charge in [-0.25, -0.2) is 4.39 Å². The maximum Gasteiger partial charge on any atom is 0.186 e. The third-order valence-corrected chi connectivity index (χ3v) is 1.75. The van der Waals surface area contributed by atoms with E-state index in [4.69, 9.17) is 12.2 Å². The fourth-order valence-electron chi connectivity index (χ4n) is 0.808. The summed E-state index contributed by atoms with van der Waals surface area (Å²) in [5.74, 6) is -0.287. The zero-order valence-corrected chi connectivity index (χ0v) is 8.44. The molecule has 74 valence electrons. The second-order valence-electron chi connectivity index (χ2n) is 2.50. The van der Waals surface area contributed by atoms with Gasteiger partial charge in [0.15, 0.2) is 5.11 Å². The number of thiocarbonyl (C=S) groups is 1. The minimum atomic E-state index is -0.287. The van der Waals surface area contributed by atoms with Crippen LogP contribution in [0.1, 0.15) is 5.56 Å². The zero-order chi connectivity index (χ0) is 10.4. The molecular weight excluding hydrogens is 201 g/mol. The van der Waals surface area contributed by atoms with Crippen molar-refractivity contribution < 1.29 is 4.39 Å². The van der Waals surface area contributed by atoms with E-state index in [2.05, 4.69) is 15.8 Å². The molecule has 1 rings (SSSR count). The number of hydrogen-bond acceptors (Lipinski definition) is 2. The van der Waals surface area contributed by atoms with Gasteiger partial charge in [-0.05, 0) is 29.9 Å². The Hall–Kier alpha value is -1.49. The highest BCUT2D eigenvalue weighted by Crippen LogP contribution is 1.99. The van der Waals surface area contributed by atoms with Crippen molar-refractivity contribution in [2.45, 2.75) is 0 Å². The molecule has 0 aromatic heterocycles. The summed E-state index contributed by atoms with van der Waals surface area (Å²) in [5.41, 5.74) is 3.24. The van der Waals surface area contributed by atoms with Gasteiger partial charge in [0.05, 0.1) is 6.21 Å². The number of nitrogens with one attached hydrogen (secondary N) is 2. The molecule has 0 radical (unpaired) electrons. The van der Waals surface area contributed by atoms with Gasteiger partial charge >= 0.3 is 0 Å². The maximum atomic E-state index is 12.7. The molecule has 1 aromatic rings. The van der Waals surface area contributed by atoms with Crippen molar-refractivity contribution in [1.29, 1.82) is 0 Å². The monoisotopic (exact) mass is 211 g/mol. The van der Waals surface area contributed by atoms with Crippen LogP contribution in [0.15, 0.2) is 29.4 Å². The standard InChI is InChI=1S/C9H10FN3S/c1-11-9(14)13-12-6-7-3-2-4-8(10)5-7/h2-6H,1H3,(H2,11,13,14)/b12-6+. The van der Waals surface area contributed by atoms with Crippen LogP contribution in [0.5, 0.6) is 0 Å². The second-order valence-corrected chi connectivity index (χ2v) is 2.91. The van der Waals surface area contributed by atoms with E-state index in [1.54, 1.807) is 19.2 Å². The molecule has 5 heteroatoms. The molecule has 1 aromatic carbocycles. The molecule has 0 amide bonds. The summed E-state index contributed by atoms with van der Waals surface area (Å²) in [6.07, 6.45) is 1.49. The summed E-state index contributed by atoms with van der Waals surface area (Å²) < 4.78 is 12.7. The molecule has 0 heterocycles. The molecule has 2 N–H and O–H groups in total. The Morgan fingerprint density at radius 1 is 1.57 bits per heavy atom. The molecule has 0 saturated carbocycles. The van der Waals surface area contributed by atoms with E-state index < -0.39 is 0 Å². The molecule has 0 atom stereocenters. The minimum absolute atomic E-state index is 0.287. The predicted molar refractivity (Wildman–Crippen MR) is 58.8 cm³/mol. The smallest absolute Gasteiger partial charge is 0.186 e. The van der Waals surface area contributed by atoms with Gasteiger partial charge in [-0.3, -0.25) is 5.43 Å². The number of halogens is 1. The van der Waals surface area contributed by atoms with Gasteiger partial charge < -0.3 is 5.32 Å². The molecule has 0 spiro atoms. The summed E-state index contributed by atoms with van der Waals surface area (Å²) in [7, 11) is 1.69. The van der Waals surface area contributed by atoms with E-state index in [9.17, 15) is 4.39 Å². The number of hydrogen-bond donors (Lipinski definition) is 2. The Morgan fingerprint density at radius 2 is 2.36 bits per heavy atom. The van der Waals surface area contributed by atoms with E-state index in [1.165, 1.54) is 18.3 Å². The van der Waals surface area contributed by atoms with Crippen molar-refractivity contribution in [2.24, 2.45) is 5.10 Å². The van der Waals surface area contributed by atoms with Crippen molar-refractivity contribution >= 4 is 23.5 Å². The van der Waals surface area contributed by atoms with Crippen LogP contribution in [0.25, 0.3) is 0 Å². The summed E-state index contributed by atoms with van der Waals surface area (Å²) >= 11 is 4.79. The first kappa shape index (κ1) is 10.6. The average Bonchev–Trinajstić information content (AvgIpc) is 2.17. The normalized spacial score (nSPS) is 10.1. The van der Waals surface area contributed by atoms with Crippen LogP contribution in [0, 0.1) is 5.82 Å². The van der Waals surface area contributed by atoms with Crippen LogP contribution in [-0.4, -0.2) is 18.4 Å². The lowest BCUT2D eigenvalue weighted by atomic mass is 10.2. The Morgan fingerprint density at radius 3 is 3.00 bits per heavy atom. The molecule has 0 unspecified atom stereocenters. The Labute approximate surface area is 87.0 Å². The van der Waals surface area contributed by atoms with E-state index in [1.807, 2.05) is 0 Å². The lowest BCUT2D eigenvalue weighted by Gasteiger charge is -1.99. The molecule has 0 bridgehead atoms. The average molecular weight is 211 g/mol. The number of rotatable bonds is 2. The summed E-state index contributed by atoms with van der Waals surface area (Å²) in [4.78, 5) is 0. The Kier molecular flexibility index (Phi) is 4.00. The molecule has 14 heavy (non-hydrogen) atoms. The van der Waals surface area contributed by atoms with Crippen molar-refractivity contribution in [1.82, 2.24) is 10.7 Å². The van der Waals surface area contributed by atoms with Gasteiger partial charge in [0.1, 0.15) is 5.82 Å². The SMILES string of the molecule is CNC(=S)N/N=C/c1cccc(F)c1. The Bertz CT molecular complexity index is 352. The lowest BCUT2D eigenvalue weighted by molar-refractivity contribution is 0.627. The van der Waals surface area contributed by atoms with E-state index in [-0.39, 0.29) is 5.82 Å².